The largest absolute Gasteiger partial charge is 0.305 e. The van der Waals surface area contributed by atoms with Gasteiger partial charge in [-0.25, -0.2) is 0 Å². The Balaban J connectivity index is 2.02. The molecule has 0 spiro atoms. The van der Waals surface area contributed by atoms with Gasteiger partial charge in [-0.2, -0.15) is 0 Å². The minimum atomic E-state index is 0.113. The van der Waals surface area contributed by atoms with E-state index in [9.17, 15) is 0 Å². The lowest BCUT2D eigenvalue weighted by atomic mass is 9.84. The molecule has 0 fully saturated rings. The fraction of sp³-hybridized carbons (Fsp3) is 0.308. The zero-order valence-corrected chi connectivity index (χ0v) is 18.5. The number of anilines is 3. The maximum absolute atomic E-state index is 4.61. The number of fused-ring (bicyclic) bond motifs is 2. The summed E-state index contributed by atoms with van der Waals surface area (Å²) in [6.07, 6.45) is 0. The van der Waals surface area contributed by atoms with Crippen molar-refractivity contribution in [2.24, 2.45) is 10.2 Å². The molecular formula is C26H29N3. The van der Waals surface area contributed by atoms with Crippen molar-refractivity contribution in [1.29, 1.82) is 0 Å². The quantitative estimate of drug-likeness (QED) is 0.324. The third kappa shape index (κ3) is 3.46. The Morgan fingerprint density at radius 1 is 0.655 bits per heavy atom. The molecule has 0 aliphatic carbocycles. The molecule has 0 saturated heterocycles. The van der Waals surface area contributed by atoms with Crippen LogP contribution in [0.1, 0.15) is 48.6 Å². The second-order valence-electron chi connectivity index (χ2n) is 9.23. The van der Waals surface area contributed by atoms with Gasteiger partial charge in [0, 0.05) is 0 Å². The van der Waals surface area contributed by atoms with E-state index in [0.29, 0.717) is 0 Å². The number of benzene rings is 3. The van der Waals surface area contributed by atoms with Gasteiger partial charge in [-0.3, -0.25) is 0 Å². The first-order chi connectivity index (χ1) is 13.6. The fourth-order valence-electron chi connectivity index (χ4n) is 4.03. The number of nitrogens with zero attached hydrogens (tertiary/aromatic N) is 3. The Bertz CT molecular complexity index is 1050. The van der Waals surface area contributed by atoms with Crippen LogP contribution in [0.15, 0.2) is 58.8 Å². The predicted molar refractivity (Wildman–Crippen MR) is 123 cm³/mol. The van der Waals surface area contributed by atoms with Crippen molar-refractivity contribution in [3.63, 3.8) is 0 Å². The molecule has 1 aliphatic rings. The minimum absolute atomic E-state index is 0.113. The standard InChI is InChI=1S/C26H29N3/c1-16-8-10-23-21(12-16)27-28-22-13-17(2)9-11-24(22)29(23)25-18(3)14-20(15-19(25)4)26(5,6)7/h8-15H,1-7H3. The normalized spacial score (nSPS) is 13.1. The molecule has 148 valence electrons. The van der Waals surface area contributed by atoms with E-state index in [4.69, 9.17) is 0 Å². The Kier molecular flexibility index (Phi) is 4.57. The molecule has 3 aromatic rings. The average Bonchev–Trinajstić information content (AvgIpc) is 2.77. The molecule has 29 heavy (non-hydrogen) atoms. The van der Waals surface area contributed by atoms with Gasteiger partial charge >= 0.3 is 0 Å². The maximum Gasteiger partial charge on any atom is 0.110 e. The van der Waals surface area contributed by atoms with Gasteiger partial charge in [-0.05, 0) is 85.2 Å². The summed E-state index contributed by atoms with van der Waals surface area (Å²) in [5, 5.41) is 9.21. The van der Waals surface area contributed by atoms with E-state index in [-0.39, 0.29) is 5.41 Å². The lowest BCUT2D eigenvalue weighted by Crippen LogP contribution is -2.16. The molecule has 0 N–H and O–H groups in total. The highest BCUT2D eigenvalue weighted by Crippen LogP contribution is 2.49. The monoisotopic (exact) mass is 383 g/mol. The van der Waals surface area contributed by atoms with Crippen molar-refractivity contribution in [1.82, 2.24) is 0 Å². The van der Waals surface area contributed by atoms with E-state index in [1.807, 2.05) is 0 Å². The van der Waals surface area contributed by atoms with Crippen molar-refractivity contribution in [2.75, 3.05) is 4.90 Å². The smallest absolute Gasteiger partial charge is 0.110 e. The van der Waals surface area contributed by atoms with Crippen molar-refractivity contribution < 1.29 is 0 Å². The van der Waals surface area contributed by atoms with Crippen LogP contribution in [0.4, 0.5) is 28.4 Å². The van der Waals surface area contributed by atoms with Gasteiger partial charge in [0.15, 0.2) is 0 Å². The van der Waals surface area contributed by atoms with Crippen LogP contribution < -0.4 is 4.90 Å². The minimum Gasteiger partial charge on any atom is -0.305 e. The van der Waals surface area contributed by atoms with E-state index < -0.39 is 0 Å². The van der Waals surface area contributed by atoms with Gasteiger partial charge in [-0.15, -0.1) is 10.2 Å². The Labute approximate surface area is 174 Å². The second kappa shape index (κ2) is 6.84. The number of aryl methyl sites for hydroxylation is 4. The summed E-state index contributed by atoms with van der Waals surface area (Å²) in [6.45, 7) is 15.4. The molecule has 0 radical (unpaired) electrons. The molecule has 0 amide bonds. The lowest BCUT2D eigenvalue weighted by Gasteiger charge is -2.31. The number of hydrogen-bond acceptors (Lipinski definition) is 3. The van der Waals surface area contributed by atoms with Crippen LogP contribution in [0, 0.1) is 27.7 Å². The predicted octanol–water partition coefficient (Wildman–Crippen LogP) is 8.42. The van der Waals surface area contributed by atoms with Crippen LogP contribution in [0.25, 0.3) is 0 Å². The molecule has 0 aromatic heterocycles. The van der Waals surface area contributed by atoms with Crippen LogP contribution >= 0.6 is 0 Å². The molecule has 1 aliphatic heterocycles. The van der Waals surface area contributed by atoms with E-state index >= 15 is 0 Å². The summed E-state index contributed by atoms with van der Waals surface area (Å²) in [7, 11) is 0. The van der Waals surface area contributed by atoms with Crippen LogP contribution in [0.2, 0.25) is 0 Å². The first kappa shape index (κ1) is 19.4. The first-order valence-corrected chi connectivity index (χ1v) is 10.2. The van der Waals surface area contributed by atoms with Gasteiger partial charge in [0.1, 0.15) is 11.4 Å². The van der Waals surface area contributed by atoms with Crippen LogP contribution in [-0.2, 0) is 5.41 Å². The van der Waals surface area contributed by atoms with Crippen molar-refractivity contribution in [3.05, 3.63) is 76.3 Å². The van der Waals surface area contributed by atoms with E-state index in [1.54, 1.807) is 0 Å². The molecular weight excluding hydrogens is 354 g/mol. The van der Waals surface area contributed by atoms with Gasteiger partial charge in [0.25, 0.3) is 0 Å². The summed E-state index contributed by atoms with van der Waals surface area (Å²) in [4.78, 5) is 2.33. The first-order valence-electron chi connectivity index (χ1n) is 10.2. The van der Waals surface area contributed by atoms with Gasteiger partial charge < -0.3 is 4.90 Å². The third-order valence-electron chi connectivity index (χ3n) is 5.59. The van der Waals surface area contributed by atoms with Crippen LogP contribution in [-0.4, -0.2) is 0 Å². The Morgan fingerprint density at radius 3 is 1.52 bits per heavy atom. The highest BCUT2D eigenvalue weighted by Gasteiger charge is 2.26. The SMILES string of the molecule is Cc1ccc2c(c1)N=Nc1cc(C)ccc1N2c1c(C)cc(C(C)(C)C)cc1C. The maximum atomic E-state index is 4.61. The van der Waals surface area contributed by atoms with Gasteiger partial charge in [0.05, 0.1) is 17.1 Å². The summed E-state index contributed by atoms with van der Waals surface area (Å²) in [6, 6.07) is 17.5. The summed E-state index contributed by atoms with van der Waals surface area (Å²) < 4.78 is 0. The van der Waals surface area contributed by atoms with Crippen LogP contribution in [0.3, 0.4) is 0 Å². The summed E-state index contributed by atoms with van der Waals surface area (Å²) in [5.74, 6) is 0. The zero-order chi connectivity index (χ0) is 20.9. The van der Waals surface area contributed by atoms with Crippen molar-refractivity contribution in [3.8, 4) is 0 Å². The summed E-state index contributed by atoms with van der Waals surface area (Å²) in [5.41, 5.74) is 11.5. The van der Waals surface area contributed by atoms with E-state index in [0.717, 1.165) is 22.7 Å². The molecule has 0 saturated carbocycles. The molecule has 3 nitrogen and oxygen atoms in total. The van der Waals surface area contributed by atoms with Gasteiger partial charge in [-0.1, -0.05) is 45.0 Å². The molecule has 0 unspecified atom stereocenters. The highest BCUT2D eigenvalue weighted by atomic mass is 15.2. The lowest BCUT2D eigenvalue weighted by molar-refractivity contribution is 0.589. The number of rotatable bonds is 1. The molecule has 3 aromatic carbocycles. The second-order valence-corrected chi connectivity index (χ2v) is 9.23. The topological polar surface area (TPSA) is 28.0 Å². The summed E-state index contributed by atoms with van der Waals surface area (Å²) >= 11 is 0. The molecule has 0 bridgehead atoms. The fourth-order valence-corrected chi connectivity index (χ4v) is 4.03. The van der Waals surface area contributed by atoms with Gasteiger partial charge in [0.2, 0.25) is 0 Å². The average molecular weight is 384 g/mol. The molecule has 0 atom stereocenters. The molecule has 1 heterocycles. The molecule has 3 heteroatoms. The Morgan fingerprint density at radius 2 is 1.10 bits per heavy atom. The highest BCUT2D eigenvalue weighted by molar-refractivity contribution is 5.91. The zero-order valence-electron chi connectivity index (χ0n) is 18.5. The van der Waals surface area contributed by atoms with E-state index in [2.05, 4.69) is 112 Å². The number of hydrogen-bond donors (Lipinski definition) is 0. The van der Waals surface area contributed by atoms with Crippen molar-refractivity contribution >= 4 is 28.4 Å². The van der Waals surface area contributed by atoms with Crippen molar-refractivity contribution in [2.45, 2.75) is 53.9 Å². The third-order valence-corrected chi connectivity index (χ3v) is 5.59. The van der Waals surface area contributed by atoms with E-state index in [1.165, 1.54) is 33.5 Å². The number of azo groups is 1. The molecule has 4 rings (SSSR count). The van der Waals surface area contributed by atoms with Crippen LogP contribution in [0.5, 0.6) is 0 Å². The Hall–Kier alpha value is -2.94.